The van der Waals surface area contributed by atoms with E-state index in [1.165, 1.54) is 0 Å². The predicted molar refractivity (Wildman–Crippen MR) is 69.7 cm³/mol. The lowest BCUT2D eigenvalue weighted by atomic mass is 10.0. The number of nitrogens with one attached hydrogen (secondary N) is 1. The van der Waals surface area contributed by atoms with E-state index in [0.717, 1.165) is 26.1 Å². The highest BCUT2D eigenvalue weighted by atomic mass is 16.1. The minimum absolute atomic E-state index is 0.0277. The Balaban J connectivity index is 2.33. The molecule has 0 aliphatic carbocycles. The van der Waals surface area contributed by atoms with Crippen molar-refractivity contribution in [3.05, 3.63) is 12.2 Å². The minimum Gasteiger partial charge on any atom is -0.348 e. The number of hydrogen-bond donors (Lipinski definition) is 2. The van der Waals surface area contributed by atoms with Crippen molar-refractivity contribution in [2.24, 2.45) is 5.73 Å². The number of amides is 1. The highest BCUT2D eigenvalue weighted by molar-refractivity contribution is 5.87. The van der Waals surface area contributed by atoms with Crippen LogP contribution in [-0.2, 0) is 4.79 Å². The van der Waals surface area contributed by atoms with Gasteiger partial charge in [-0.3, -0.25) is 4.79 Å². The van der Waals surface area contributed by atoms with Crippen LogP contribution in [0.5, 0.6) is 0 Å². The molecule has 0 aromatic heterocycles. The van der Waals surface area contributed by atoms with E-state index in [1.807, 2.05) is 25.1 Å². The zero-order chi connectivity index (χ0) is 12.8. The average Bonchev–Trinajstić information content (AvgIpc) is 2.21. The normalized spacial score (nSPS) is 26.6. The van der Waals surface area contributed by atoms with Crippen LogP contribution in [0.25, 0.3) is 0 Å². The second kappa shape index (κ2) is 6.74. The van der Waals surface area contributed by atoms with Crippen molar-refractivity contribution in [2.75, 3.05) is 40.8 Å². The molecule has 98 valence electrons. The van der Waals surface area contributed by atoms with E-state index in [-0.39, 0.29) is 18.0 Å². The second-order valence-corrected chi connectivity index (χ2v) is 4.99. The number of likely N-dealkylation sites (tertiary alicyclic amines) is 1. The van der Waals surface area contributed by atoms with Crippen molar-refractivity contribution in [3.8, 4) is 0 Å². The summed E-state index contributed by atoms with van der Waals surface area (Å²) in [7, 11) is 5.99. The van der Waals surface area contributed by atoms with Gasteiger partial charge in [0.05, 0.1) is 0 Å². The van der Waals surface area contributed by atoms with Gasteiger partial charge in [-0.2, -0.15) is 0 Å². The monoisotopic (exact) mass is 240 g/mol. The SMILES string of the molecule is CN(C)C/C=C/C(=O)N[C@H]1CCN(C)C[C@H]1N. The quantitative estimate of drug-likeness (QED) is 0.635. The predicted octanol–water partition coefficient (Wildman–Crippen LogP) is -0.748. The fourth-order valence-electron chi connectivity index (χ4n) is 1.93. The first-order chi connectivity index (χ1) is 7.99. The number of likely N-dealkylation sites (N-methyl/N-ethyl adjacent to an activating group) is 2. The molecule has 5 heteroatoms. The summed E-state index contributed by atoms with van der Waals surface area (Å²) >= 11 is 0. The number of carbonyl (C=O) groups is 1. The molecule has 0 saturated carbocycles. The first-order valence-corrected chi connectivity index (χ1v) is 6.05. The fraction of sp³-hybridized carbons (Fsp3) is 0.750. The summed E-state index contributed by atoms with van der Waals surface area (Å²) < 4.78 is 0. The van der Waals surface area contributed by atoms with Gasteiger partial charge < -0.3 is 20.9 Å². The van der Waals surface area contributed by atoms with Crippen LogP contribution in [-0.4, -0.2) is 68.6 Å². The number of hydrogen-bond acceptors (Lipinski definition) is 4. The van der Waals surface area contributed by atoms with Crippen LogP contribution < -0.4 is 11.1 Å². The Morgan fingerprint density at radius 1 is 1.59 bits per heavy atom. The van der Waals surface area contributed by atoms with E-state index in [4.69, 9.17) is 5.73 Å². The highest BCUT2D eigenvalue weighted by Crippen LogP contribution is 2.07. The largest absolute Gasteiger partial charge is 0.348 e. The lowest BCUT2D eigenvalue weighted by molar-refractivity contribution is -0.117. The molecule has 0 unspecified atom stereocenters. The molecule has 1 rings (SSSR count). The molecule has 17 heavy (non-hydrogen) atoms. The maximum Gasteiger partial charge on any atom is 0.243 e. The van der Waals surface area contributed by atoms with Crippen molar-refractivity contribution in [1.29, 1.82) is 0 Å². The molecular formula is C12H24N4O. The maximum absolute atomic E-state index is 11.6. The van der Waals surface area contributed by atoms with Crippen molar-refractivity contribution < 1.29 is 4.79 Å². The van der Waals surface area contributed by atoms with Gasteiger partial charge in [-0.25, -0.2) is 0 Å². The third-order valence-corrected chi connectivity index (χ3v) is 2.93. The van der Waals surface area contributed by atoms with E-state index >= 15 is 0 Å². The molecule has 3 N–H and O–H groups in total. The summed E-state index contributed by atoms with van der Waals surface area (Å²) in [5.74, 6) is -0.0446. The Hall–Kier alpha value is -0.910. The van der Waals surface area contributed by atoms with Crippen LogP contribution >= 0.6 is 0 Å². The van der Waals surface area contributed by atoms with Gasteiger partial charge in [0, 0.05) is 31.2 Å². The Morgan fingerprint density at radius 3 is 2.88 bits per heavy atom. The van der Waals surface area contributed by atoms with Crippen molar-refractivity contribution >= 4 is 5.91 Å². The Bertz CT molecular complexity index is 278. The van der Waals surface area contributed by atoms with E-state index in [0.29, 0.717) is 0 Å². The van der Waals surface area contributed by atoms with Crippen LogP contribution in [0.4, 0.5) is 0 Å². The zero-order valence-electron chi connectivity index (χ0n) is 11.0. The van der Waals surface area contributed by atoms with E-state index < -0.39 is 0 Å². The highest BCUT2D eigenvalue weighted by Gasteiger charge is 2.25. The van der Waals surface area contributed by atoms with Crippen LogP contribution in [0, 0.1) is 0 Å². The molecular weight excluding hydrogens is 216 g/mol. The molecule has 0 aromatic carbocycles. The second-order valence-electron chi connectivity index (χ2n) is 4.99. The molecule has 1 amide bonds. The van der Waals surface area contributed by atoms with Crippen molar-refractivity contribution in [1.82, 2.24) is 15.1 Å². The molecule has 0 radical (unpaired) electrons. The summed E-state index contributed by atoms with van der Waals surface area (Å²) in [6, 6.07) is 0.127. The van der Waals surface area contributed by atoms with Crippen LogP contribution in [0.3, 0.4) is 0 Å². The van der Waals surface area contributed by atoms with Gasteiger partial charge in [-0.05, 0) is 34.1 Å². The molecule has 2 atom stereocenters. The summed E-state index contributed by atoms with van der Waals surface area (Å²) in [5, 5.41) is 2.97. The van der Waals surface area contributed by atoms with Gasteiger partial charge in [-0.1, -0.05) is 6.08 Å². The van der Waals surface area contributed by atoms with Crippen LogP contribution in [0.1, 0.15) is 6.42 Å². The first kappa shape index (κ1) is 14.2. The van der Waals surface area contributed by atoms with E-state index in [1.54, 1.807) is 6.08 Å². The van der Waals surface area contributed by atoms with Gasteiger partial charge in [0.15, 0.2) is 0 Å². The third kappa shape index (κ3) is 5.30. The molecule has 1 saturated heterocycles. The molecule has 0 bridgehead atoms. The summed E-state index contributed by atoms with van der Waals surface area (Å²) in [4.78, 5) is 15.8. The molecule has 1 fully saturated rings. The molecule has 5 nitrogen and oxygen atoms in total. The summed E-state index contributed by atoms with van der Waals surface area (Å²) in [6.45, 7) is 2.60. The average molecular weight is 240 g/mol. The maximum atomic E-state index is 11.6. The van der Waals surface area contributed by atoms with Gasteiger partial charge >= 0.3 is 0 Å². The minimum atomic E-state index is -0.0446. The van der Waals surface area contributed by atoms with Gasteiger partial charge in [0.2, 0.25) is 5.91 Å². The zero-order valence-corrected chi connectivity index (χ0v) is 11.0. The molecule has 0 aromatic rings. The molecule has 1 aliphatic heterocycles. The first-order valence-electron chi connectivity index (χ1n) is 6.05. The van der Waals surface area contributed by atoms with Crippen molar-refractivity contribution in [2.45, 2.75) is 18.5 Å². The molecule has 1 aliphatic rings. The summed E-state index contributed by atoms with van der Waals surface area (Å²) in [5.41, 5.74) is 6.01. The van der Waals surface area contributed by atoms with Gasteiger partial charge in [0.25, 0.3) is 0 Å². The Labute approximate surface area is 104 Å². The molecule has 0 spiro atoms. The van der Waals surface area contributed by atoms with Crippen LogP contribution in [0.15, 0.2) is 12.2 Å². The number of nitrogens with two attached hydrogens (primary N) is 1. The van der Waals surface area contributed by atoms with Gasteiger partial charge in [0.1, 0.15) is 0 Å². The standard InChI is InChI=1S/C12H24N4O/c1-15(2)7-4-5-12(17)14-11-6-8-16(3)9-10(11)13/h4-5,10-11H,6-9,13H2,1-3H3,(H,14,17)/b5-4+/t10-,11+/m1/s1. The number of carbonyl (C=O) groups excluding carboxylic acids is 1. The Morgan fingerprint density at radius 2 is 2.29 bits per heavy atom. The van der Waals surface area contributed by atoms with E-state index in [9.17, 15) is 4.79 Å². The lowest BCUT2D eigenvalue weighted by Gasteiger charge is -2.34. The topological polar surface area (TPSA) is 61.6 Å². The van der Waals surface area contributed by atoms with Gasteiger partial charge in [-0.15, -0.1) is 0 Å². The smallest absolute Gasteiger partial charge is 0.243 e. The van der Waals surface area contributed by atoms with E-state index in [2.05, 4.69) is 17.3 Å². The number of nitrogens with zero attached hydrogens (tertiary/aromatic N) is 2. The third-order valence-electron chi connectivity index (χ3n) is 2.93. The fourth-order valence-corrected chi connectivity index (χ4v) is 1.93. The summed E-state index contributed by atoms with van der Waals surface area (Å²) in [6.07, 6.45) is 4.37. The number of rotatable bonds is 4. The number of piperidine rings is 1. The molecule has 1 heterocycles. The lowest BCUT2D eigenvalue weighted by Crippen LogP contribution is -2.56. The Kier molecular flexibility index (Phi) is 5.61. The van der Waals surface area contributed by atoms with Crippen LogP contribution in [0.2, 0.25) is 0 Å². The van der Waals surface area contributed by atoms with Crippen molar-refractivity contribution in [3.63, 3.8) is 0 Å².